The number of urea groups is 1. The predicted octanol–water partition coefficient (Wildman–Crippen LogP) is 1.48. The summed E-state index contributed by atoms with van der Waals surface area (Å²) in [4.78, 5) is 35.8. The molecule has 0 fully saturated rings. The van der Waals surface area contributed by atoms with Gasteiger partial charge in [0, 0.05) is 6.08 Å². The lowest BCUT2D eigenvalue weighted by molar-refractivity contribution is -0.140. The average molecular weight is 390 g/mol. The van der Waals surface area contributed by atoms with Crippen LogP contribution in [0.5, 0.6) is 11.5 Å². The third-order valence-electron chi connectivity index (χ3n) is 3.84. The summed E-state index contributed by atoms with van der Waals surface area (Å²) in [6.45, 7) is 3.18. The maximum Gasteiger partial charge on any atom is 0.338 e. The van der Waals surface area contributed by atoms with Crippen molar-refractivity contribution in [2.45, 2.75) is 19.9 Å². The van der Waals surface area contributed by atoms with Crippen LogP contribution in [-0.4, -0.2) is 49.4 Å². The molecule has 9 nitrogen and oxygen atoms in total. The van der Waals surface area contributed by atoms with Gasteiger partial charge in [0.2, 0.25) is 0 Å². The normalized spacial score (nSPS) is 16.4. The number of hydrogen-bond acceptors (Lipinski definition) is 7. The molecule has 0 radical (unpaired) electrons. The number of nitrogens with one attached hydrogen (secondary N) is 2. The molecule has 1 atom stereocenters. The van der Waals surface area contributed by atoms with Gasteiger partial charge in [0.1, 0.15) is 6.61 Å². The zero-order valence-corrected chi connectivity index (χ0v) is 15.8. The van der Waals surface area contributed by atoms with Crippen LogP contribution in [-0.2, 0) is 19.1 Å². The summed E-state index contributed by atoms with van der Waals surface area (Å²) in [5.74, 6) is -1.02. The lowest BCUT2D eigenvalue weighted by atomic mass is 10.0. The zero-order chi connectivity index (χ0) is 20.7. The smallest absolute Gasteiger partial charge is 0.338 e. The van der Waals surface area contributed by atoms with Gasteiger partial charge >= 0.3 is 18.0 Å². The largest absolute Gasteiger partial charge is 0.504 e. The van der Waals surface area contributed by atoms with Crippen molar-refractivity contribution in [3.63, 3.8) is 0 Å². The van der Waals surface area contributed by atoms with Crippen molar-refractivity contribution in [1.82, 2.24) is 10.6 Å². The quantitative estimate of drug-likeness (QED) is 0.476. The van der Waals surface area contributed by atoms with E-state index in [2.05, 4.69) is 10.6 Å². The van der Waals surface area contributed by atoms with Gasteiger partial charge in [0.25, 0.3) is 0 Å². The Labute approximate surface area is 162 Å². The molecule has 0 saturated carbocycles. The minimum absolute atomic E-state index is 0.0172. The molecule has 0 aromatic heterocycles. The summed E-state index contributed by atoms with van der Waals surface area (Å²) in [6.07, 6.45) is 2.66. The van der Waals surface area contributed by atoms with E-state index in [1.807, 2.05) is 0 Å². The molecule has 9 heteroatoms. The highest BCUT2D eigenvalue weighted by Gasteiger charge is 2.30. The molecule has 1 aromatic carbocycles. The van der Waals surface area contributed by atoms with Crippen LogP contribution in [0.15, 0.2) is 35.5 Å². The second-order valence-corrected chi connectivity index (χ2v) is 5.81. The fraction of sp³-hybridized carbons (Fsp3) is 0.316. The summed E-state index contributed by atoms with van der Waals surface area (Å²) in [5.41, 5.74) is 0.978. The molecule has 1 aliphatic rings. The summed E-state index contributed by atoms with van der Waals surface area (Å²) in [7, 11) is 1.42. The van der Waals surface area contributed by atoms with Crippen molar-refractivity contribution in [1.29, 1.82) is 0 Å². The molecular formula is C19H22N2O7. The Morgan fingerprint density at radius 3 is 2.71 bits per heavy atom. The molecule has 150 valence electrons. The van der Waals surface area contributed by atoms with E-state index in [1.165, 1.54) is 25.3 Å². The van der Waals surface area contributed by atoms with Crippen molar-refractivity contribution in [2.75, 3.05) is 20.3 Å². The summed E-state index contributed by atoms with van der Waals surface area (Å²) >= 11 is 0. The van der Waals surface area contributed by atoms with Gasteiger partial charge in [0.05, 0.1) is 31.0 Å². The Hall–Kier alpha value is -3.49. The van der Waals surface area contributed by atoms with Crippen molar-refractivity contribution < 1.29 is 33.7 Å². The highest BCUT2D eigenvalue weighted by Crippen LogP contribution is 2.26. The molecule has 28 heavy (non-hydrogen) atoms. The number of carbonyl (C=O) groups excluding carboxylic acids is 3. The van der Waals surface area contributed by atoms with E-state index in [0.717, 1.165) is 0 Å². The van der Waals surface area contributed by atoms with Gasteiger partial charge in [-0.3, -0.25) is 0 Å². The summed E-state index contributed by atoms with van der Waals surface area (Å²) in [5, 5.41) is 14.6. The lowest BCUT2D eigenvalue weighted by Crippen LogP contribution is -2.50. The van der Waals surface area contributed by atoms with Crippen molar-refractivity contribution in [2.24, 2.45) is 0 Å². The minimum Gasteiger partial charge on any atom is -0.504 e. The van der Waals surface area contributed by atoms with E-state index in [1.54, 1.807) is 26.0 Å². The second-order valence-electron chi connectivity index (χ2n) is 5.81. The van der Waals surface area contributed by atoms with Crippen LogP contribution in [0.3, 0.4) is 0 Å². The van der Waals surface area contributed by atoms with Crippen LogP contribution in [0.2, 0.25) is 0 Å². The Morgan fingerprint density at radius 2 is 2.04 bits per heavy atom. The number of amides is 2. The molecule has 0 aliphatic carbocycles. The minimum atomic E-state index is -0.678. The standard InChI is InChI=1S/C19H22N2O7/c1-4-27-18(24)17-11(2)20-19(25)21-13(17)10-28-16(23)8-6-12-5-7-14(22)15(9-12)26-3/h5-9,11,22H,4,10H2,1-3H3,(H2,20,21,25)/b8-6+/t11-/m0/s1. The molecule has 0 bridgehead atoms. The number of esters is 2. The number of phenolic OH excluding ortho intramolecular Hbond substituents is 1. The highest BCUT2D eigenvalue weighted by atomic mass is 16.5. The van der Waals surface area contributed by atoms with Crippen molar-refractivity contribution in [3.05, 3.63) is 41.1 Å². The molecule has 0 unspecified atom stereocenters. The third kappa shape index (κ3) is 5.26. The summed E-state index contributed by atoms with van der Waals surface area (Å²) in [6, 6.07) is 3.50. The third-order valence-corrected chi connectivity index (χ3v) is 3.84. The van der Waals surface area contributed by atoms with Gasteiger partial charge < -0.3 is 30.0 Å². The number of rotatable bonds is 7. The molecule has 2 rings (SSSR count). The van der Waals surface area contributed by atoms with E-state index in [9.17, 15) is 19.5 Å². The fourth-order valence-corrected chi connectivity index (χ4v) is 2.55. The van der Waals surface area contributed by atoms with Crippen LogP contribution < -0.4 is 15.4 Å². The summed E-state index contributed by atoms with van der Waals surface area (Å²) < 4.78 is 15.1. The topological polar surface area (TPSA) is 123 Å². The lowest BCUT2D eigenvalue weighted by Gasteiger charge is -2.26. The molecule has 1 heterocycles. The van der Waals surface area contributed by atoms with Gasteiger partial charge in [-0.05, 0) is 37.6 Å². The Morgan fingerprint density at radius 1 is 1.29 bits per heavy atom. The number of phenols is 1. The van der Waals surface area contributed by atoms with Gasteiger partial charge in [-0.2, -0.15) is 0 Å². The molecular weight excluding hydrogens is 368 g/mol. The van der Waals surface area contributed by atoms with Gasteiger partial charge in [-0.25, -0.2) is 14.4 Å². The number of carbonyl (C=O) groups is 3. The van der Waals surface area contributed by atoms with Crippen molar-refractivity contribution >= 4 is 24.0 Å². The number of methoxy groups -OCH3 is 1. The maximum atomic E-state index is 12.1. The van der Waals surface area contributed by atoms with Crippen LogP contribution in [0.4, 0.5) is 4.79 Å². The maximum absolute atomic E-state index is 12.1. The number of benzene rings is 1. The monoisotopic (exact) mass is 390 g/mol. The number of hydrogen-bond donors (Lipinski definition) is 3. The molecule has 0 saturated heterocycles. The van der Waals surface area contributed by atoms with E-state index in [4.69, 9.17) is 14.2 Å². The Balaban J connectivity index is 2.07. The molecule has 2 amide bonds. The molecule has 3 N–H and O–H groups in total. The van der Waals surface area contributed by atoms with E-state index in [0.29, 0.717) is 5.56 Å². The first kappa shape index (κ1) is 20.8. The molecule has 0 spiro atoms. The van der Waals surface area contributed by atoms with E-state index in [-0.39, 0.29) is 36.0 Å². The molecule has 1 aromatic rings. The first-order chi connectivity index (χ1) is 13.3. The number of ether oxygens (including phenoxy) is 3. The fourth-order valence-electron chi connectivity index (χ4n) is 2.55. The average Bonchev–Trinajstić information content (AvgIpc) is 2.65. The van der Waals surface area contributed by atoms with Crippen molar-refractivity contribution in [3.8, 4) is 11.5 Å². The van der Waals surface area contributed by atoms with E-state index >= 15 is 0 Å². The van der Waals surface area contributed by atoms with Crippen LogP contribution in [0.1, 0.15) is 19.4 Å². The SMILES string of the molecule is CCOC(=O)C1=C(COC(=O)/C=C/c2ccc(O)c(OC)c2)NC(=O)N[C@H]1C. The number of aromatic hydroxyl groups is 1. The highest BCUT2D eigenvalue weighted by molar-refractivity contribution is 5.95. The molecule has 1 aliphatic heterocycles. The van der Waals surface area contributed by atoms with Crippen LogP contribution in [0.25, 0.3) is 6.08 Å². The Kier molecular flexibility index (Phi) is 7.02. The van der Waals surface area contributed by atoms with Gasteiger partial charge in [0.15, 0.2) is 11.5 Å². The van der Waals surface area contributed by atoms with Crippen LogP contribution in [0, 0.1) is 0 Å². The first-order valence-corrected chi connectivity index (χ1v) is 8.55. The van der Waals surface area contributed by atoms with E-state index < -0.39 is 24.0 Å². The van der Waals surface area contributed by atoms with Gasteiger partial charge in [-0.15, -0.1) is 0 Å². The van der Waals surface area contributed by atoms with Crippen LogP contribution >= 0.6 is 0 Å². The second kappa shape index (κ2) is 9.45. The first-order valence-electron chi connectivity index (χ1n) is 8.55. The Bertz CT molecular complexity index is 830. The zero-order valence-electron chi connectivity index (χ0n) is 15.8. The predicted molar refractivity (Wildman–Crippen MR) is 99.4 cm³/mol. The van der Waals surface area contributed by atoms with Gasteiger partial charge in [-0.1, -0.05) is 6.07 Å².